The fourth-order valence-corrected chi connectivity index (χ4v) is 4.91. The number of hydrogen-bond acceptors (Lipinski definition) is 3. The third-order valence-corrected chi connectivity index (χ3v) is 6.96. The van der Waals surface area contributed by atoms with Gasteiger partial charge in [-0.05, 0) is 60.3 Å². The molecule has 3 aromatic carbocycles. The van der Waals surface area contributed by atoms with Crippen LogP contribution < -0.4 is 9.86 Å². The van der Waals surface area contributed by atoms with Gasteiger partial charge in [-0.25, -0.2) is 8.42 Å². The molecule has 0 radical (unpaired) electrons. The van der Waals surface area contributed by atoms with Gasteiger partial charge in [-0.2, -0.15) is 0 Å². The minimum Gasteiger partial charge on any atom is -0.321 e. The van der Waals surface area contributed by atoms with Crippen LogP contribution in [0.3, 0.4) is 0 Å². The minimum absolute atomic E-state index is 0.101. The zero-order valence-electron chi connectivity index (χ0n) is 16.2. The monoisotopic (exact) mass is 438 g/mol. The van der Waals surface area contributed by atoms with Crippen molar-refractivity contribution in [3.05, 3.63) is 105 Å². The second-order valence-corrected chi connectivity index (χ2v) is 9.26. The van der Waals surface area contributed by atoms with E-state index in [9.17, 15) is 13.2 Å². The highest BCUT2D eigenvalue weighted by Crippen LogP contribution is 2.26. The smallest absolute Gasteiger partial charge is 0.264 e. The maximum atomic E-state index is 13.4. The van der Waals surface area contributed by atoms with Gasteiger partial charge in [0.2, 0.25) is 0 Å². The molecule has 0 saturated heterocycles. The van der Waals surface area contributed by atoms with E-state index in [0.717, 1.165) is 16.5 Å². The van der Waals surface area contributed by atoms with Crippen molar-refractivity contribution in [1.29, 1.82) is 0 Å². The van der Waals surface area contributed by atoms with Gasteiger partial charge in [-0.15, -0.1) is 0 Å². The first-order valence-electron chi connectivity index (χ1n) is 9.31. The Labute approximate surface area is 179 Å². The van der Waals surface area contributed by atoms with Crippen LogP contribution in [-0.4, -0.2) is 13.4 Å². The van der Waals surface area contributed by atoms with Crippen LogP contribution in [-0.2, 0) is 16.6 Å². The molecule has 0 aliphatic rings. The Morgan fingerprint density at radius 2 is 1.63 bits per heavy atom. The van der Waals surface area contributed by atoms with Gasteiger partial charge in [0.25, 0.3) is 15.6 Å². The van der Waals surface area contributed by atoms with Gasteiger partial charge in [0.05, 0.1) is 22.6 Å². The third-order valence-electron chi connectivity index (χ3n) is 4.92. The molecule has 0 saturated carbocycles. The van der Waals surface area contributed by atoms with Gasteiger partial charge in [-0.1, -0.05) is 48.0 Å². The number of H-pyrrole nitrogens is 1. The number of pyridine rings is 1. The Morgan fingerprint density at radius 1 is 0.933 bits per heavy atom. The van der Waals surface area contributed by atoms with Gasteiger partial charge < -0.3 is 4.98 Å². The lowest BCUT2D eigenvalue weighted by Gasteiger charge is -2.24. The summed E-state index contributed by atoms with van der Waals surface area (Å²) in [5.41, 5.74) is 2.21. The summed E-state index contributed by atoms with van der Waals surface area (Å²) >= 11 is 5.92. The molecule has 0 amide bonds. The van der Waals surface area contributed by atoms with Crippen molar-refractivity contribution in [3.63, 3.8) is 0 Å². The Morgan fingerprint density at radius 3 is 2.33 bits per heavy atom. The van der Waals surface area contributed by atoms with Gasteiger partial charge in [-0.3, -0.25) is 9.10 Å². The summed E-state index contributed by atoms with van der Waals surface area (Å²) in [6.45, 7) is 1.81. The number of halogens is 1. The molecule has 0 unspecified atom stereocenters. The molecule has 4 aromatic rings. The number of aromatic amines is 1. The number of nitrogens with zero attached hydrogens (tertiary/aromatic N) is 1. The molecule has 1 aromatic heterocycles. The highest BCUT2D eigenvalue weighted by Gasteiger charge is 2.26. The number of sulfonamides is 1. The van der Waals surface area contributed by atoms with Crippen LogP contribution in [0.2, 0.25) is 5.02 Å². The van der Waals surface area contributed by atoms with E-state index in [1.807, 2.05) is 31.2 Å². The number of para-hydroxylation sites is 2. The summed E-state index contributed by atoms with van der Waals surface area (Å²) in [5.74, 6) is 0. The zero-order chi connectivity index (χ0) is 21.3. The number of fused-ring (bicyclic) bond motifs is 1. The molecular weight excluding hydrogens is 420 g/mol. The molecule has 0 atom stereocenters. The molecular formula is C23H19ClN2O3S. The second kappa shape index (κ2) is 7.97. The van der Waals surface area contributed by atoms with Gasteiger partial charge in [0.1, 0.15) is 0 Å². The summed E-state index contributed by atoms with van der Waals surface area (Å²) in [4.78, 5) is 15.8. The van der Waals surface area contributed by atoms with Gasteiger partial charge in [0.15, 0.2) is 0 Å². The van der Waals surface area contributed by atoms with E-state index < -0.39 is 10.0 Å². The molecule has 7 heteroatoms. The van der Waals surface area contributed by atoms with Crippen molar-refractivity contribution >= 4 is 38.2 Å². The van der Waals surface area contributed by atoms with Crippen molar-refractivity contribution < 1.29 is 8.42 Å². The maximum absolute atomic E-state index is 13.4. The van der Waals surface area contributed by atoms with Crippen LogP contribution in [0.15, 0.2) is 88.6 Å². The molecule has 0 bridgehead atoms. The second-order valence-electron chi connectivity index (χ2n) is 6.96. The number of hydrogen-bond donors (Lipinski definition) is 1. The first-order chi connectivity index (χ1) is 14.4. The molecule has 4 rings (SSSR count). The van der Waals surface area contributed by atoms with Crippen molar-refractivity contribution in [2.24, 2.45) is 0 Å². The molecule has 0 aliphatic heterocycles. The van der Waals surface area contributed by atoms with Gasteiger partial charge >= 0.3 is 0 Å². The van der Waals surface area contributed by atoms with Crippen LogP contribution >= 0.6 is 11.6 Å². The van der Waals surface area contributed by atoms with Crippen molar-refractivity contribution in [2.45, 2.75) is 18.4 Å². The Bertz CT molecular complexity index is 1370. The number of rotatable bonds is 5. The van der Waals surface area contributed by atoms with E-state index in [2.05, 4.69) is 4.98 Å². The lowest BCUT2D eigenvalue weighted by Crippen LogP contribution is -2.33. The average Bonchev–Trinajstić information content (AvgIpc) is 2.74. The molecule has 0 spiro atoms. The summed E-state index contributed by atoms with van der Waals surface area (Å²) in [5, 5.41) is 1.29. The minimum atomic E-state index is -3.93. The molecule has 0 aliphatic carbocycles. The normalized spacial score (nSPS) is 11.5. The molecule has 5 nitrogen and oxygen atoms in total. The number of aromatic nitrogens is 1. The third kappa shape index (κ3) is 3.84. The van der Waals surface area contributed by atoms with E-state index in [1.165, 1.54) is 28.6 Å². The van der Waals surface area contributed by atoms with Crippen molar-refractivity contribution in [2.75, 3.05) is 4.31 Å². The average molecular weight is 439 g/mol. The van der Waals surface area contributed by atoms with Crippen molar-refractivity contribution in [1.82, 2.24) is 4.98 Å². The van der Waals surface area contributed by atoms with E-state index in [-0.39, 0.29) is 17.0 Å². The van der Waals surface area contributed by atoms with E-state index in [0.29, 0.717) is 16.3 Å². The summed E-state index contributed by atoms with van der Waals surface area (Å²) in [6, 6.07) is 22.2. The van der Waals surface area contributed by atoms with E-state index >= 15 is 0 Å². The number of aryl methyl sites for hydroxylation is 1. The highest BCUT2D eigenvalue weighted by molar-refractivity contribution is 7.92. The van der Waals surface area contributed by atoms with Crippen LogP contribution in [0.25, 0.3) is 10.9 Å². The Kier molecular flexibility index (Phi) is 5.37. The summed E-state index contributed by atoms with van der Waals surface area (Å²) in [6.07, 6.45) is 0. The SMILES string of the molecule is Cc1cccc2cc(CN(c3ccccc3)S(=O)(=O)c3ccc(Cl)cc3)c(=O)[nH]c12. The zero-order valence-corrected chi connectivity index (χ0v) is 17.7. The van der Waals surface area contributed by atoms with E-state index in [4.69, 9.17) is 11.6 Å². The topological polar surface area (TPSA) is 70.2 Å². The summed E-state index contributed by atoms with van der Waals surface area (Å²) < 4.78 is 28.1. The highest BCUT2D eigenvalue weighted by atomic mass is 35.5. The number of nitrogens with one attached hydrogen (secondary N) is 1. The molecule has 0 fully saturated rings. The summed E-state index contributed by atoms with van der Waals surface area (Å²) in [7, 11) is -3.93. The molecule has 152 valence electrons. The van der Waals surface area contributed by atoms with Crippen LogP contribution in [0, 0.1) is 6.92 Å². The predicted octanol–water partition coefficient (Wildman–Crippen LogP) is 4.89. The predicted molar refractivity (Wildman–Crippen MR) is 121 cm³/mol. The van der Waals surface area contributed by atoms with Gasteiger partial charge in [0, 0.05) is 10.6 Å². The first-order valence-corrected chi connectivity index (χ1v) is 11.1. The van der Waals surface area contributed by atoms with Crippen LogP contribution in [0.1, 0.15) is 11.1 Å². The number of benzene rings is 3. The first kappa shape index (κ1) is 20.2. The van der Waals surface area contributed by atoms with E-state index in [1.54, 1.807) is 30.3 Å². The fraction of sp³-hybridized carbons (Fsp3) is 0.0870. The van der Waals surface area contributed by atoms with Crippen LogP contribution in [0.5, 0.6) is 0 Å². The van der Waals surface area contributed by atoms with Crippen LogP contribution in [0.4, 0.5) is 5.69 Å². The number of anilines is 1. The van der Waals surface area contributed by atoms with Crippen molar-refractivity contribution in [3.8, 4) is 0 Å². The standard InChI is InChI=1S/C23H19ClN2O3S/c1-16-6-5-7-17-14-18(23(27)25-22(16)17)15-26(20-8-3-2-4-9-20)30(28,29)21-12-10-19(24)11-13-21/h2-14H,15H2,1H3,(H,25,27). The lowest BCUT2D eigenvalue weighted by atomic mass is 10.1. The largest absolute Gasteiger partial charge is 0.321 e. The Hall–Kier alpha value is -3.09. The maximum Gasteiger partial charge on any atom is 0.264 e. The molecule has 1 N–H and O–H groups in total. The molecule has 30 heavy (non-hydrogen) atoms. The lowest BCUT2D eigenvalue weighted by molar-refractivity contribution is 0.590. The Balaban J connectivity index is 1.84. The fourth-order valence-electron chi connectivity index (χ4n) is 3.34. The quantitative estimate of drug-likeness (QED) is 0.482. The molecule has 1 heterocycles.